The maximum atomic E-state index is 6.22. The molecule has 1 heterocycles. The Hall–Kier alpha value is -2.73. The molecular weight excluding hydrogens is 320 g/mol. The van der Waals surface area contributed by atoms with Crippen molar-refractivity contribution in [3.8, 4) is 5.75 Å². The van der Waals surface area contributed by atoms with Crippen LogP contribution in [0.1, 0.15) is 6.92 Å². The van der Waals surface area contributed by atoms with Crippen LogP contribution in [0, 0.1) is 0 Å². The first kappa shape index (κ1) is 16.1. The number of rotatable bonds is 6. The molecule has 0 radical (unpaired) electrons. The first-order chi connectivity index (χ1) is 11.8. The average molecular weight is 338 g/mol. The zero-order valence-corrected chi connectivity index (χ0v) is 14.1. The van der Waals surface area contributed by atoms with Crippen LogP contribution in [-0.2, 0) is 0 Å². The summed E-state index contributed by atoms with van der Waals surface area (Å²) in [7, 11) is 0. The van der Waals surface area contributed by atoms with E-state index in [0.717, 1.165) is 21.4 Å². The molecule has 0 aliphatic carbocycles. The van der Waals surface area contributed by atoms with Gasteiger partial charge in [0.15, 0.2) is 5.82 Å². The van der Waals surface area contributed by atoms with Crippen LogP contribution >= 0.6 is 11.8 Å². The molecule has 1 aromatic heterocycles. The second kappa shape index (κ2) is 7.70. The molecular formula is C18H18N4OS. The molecule has 3 aromatic rings. The molecule has 0 unspecified atom stereocenters. The summed E-state index contributed by atoms with van der Waals surface area (Å²) in [4.78, 5) is 9.60. The van der Waals surface area contributed by atoms with E-state index >= 15 is 0 Å². The van der Waals surface area contributed by atoms with Crippen molar-refractivity contribution in [1.82, 2.24) is 9.97 Å². The van der Waals surface area contributed by atoms with E-state index in [0.29, 0.717) is 18.1 Å². The van der Waals surface area contributed by atoms with Gasteiger partial charge < -0.3 is 15.8 Å². The lowest BCUT2D eigenvalue weighted by atomic mass is 10.3. The van der Waals surface area contributed by atoms with Crippen molar-refractivity contribution < 1.29 is 4.74 Å². The third kappa shape index (κ3) is 3.97. The molecule has 0 amide bonds. The predicted octanol–water partition coefficient (Wildman–Crippen LogP) is 4.35. The van der Waals surface area contributed by atoms with E-state index in [1.807, 2.05) is 61.5 Å². The van der Waals surface area contributed by atoms with Crippen molar-refractivity contribution in [1.29, 1.82) is 0 Å². The molecule has 24 heavy (non-hydrogen) atoms. The Labute approximate surface area is 145 Å². The molecule has 0 spiro atoms. The Morgan fingerprint density at radius 2 is 1.79 bits per heavy atom. The molecule has 0 atom stereocenters. The number of aromatic nitrogens is 2. The zero-order valence-electron chi connectivity index (χ0n) is 13.3. The van der Waals surface area contributed by atoms with E-state index in [1.54, 1.807) is 0 Å². The Balaban J connectivity index is 1.77. The highest BCUT2D eigenvalue weighted by molar-refractivity contribution is 7.99. The number of nitrogens with zero attached hydrogens (tertiary/aromatic N) is 2. The summed E-state index contributed by atoms with van der Waals surface area (Å²) in [5, 5.41) is 3.95. The maximum absolute atomic E-state index is 6.22. The van der Waals surface area contributed by atoms with E-state index in [1.165, 1.54) is 18.1 Å². The minimum absolute atomic E-state index is 0.528. The number of nitrogens with two attached hydrogens (primary N) is 1. The number of anilines is 3. The quantitative estimate of drug-likeness (QED) is 0.651. The predicted molar refractivity (Wildman–Crippen MR) is 97.9 cm³/mol. The number of hydrogen-bond donors (Lipinski definition) is 2. The Morgan fingerprint density at radius 3 is 2.50 bits per heavy atom. The fourth-order valence-corrected chi connectivity index (χ4v) is 2.92. The largest absolute Gasteiger partial charge is 0.494 e. The topological polar surface area (TPSA) is 73.1 Å². The lowest BCUT2D eigenvalue weighted by molar-refractivity contribution is 0.340. The Bertz CT molecular complexity index is 794. The summed E-state index contributed by atoms with van der Waals surface area (Å²) < 4.78 is 5.44. The molecule has 3 N–H and O–H groups in total. The van der Waals surface area contributed by atoms with Crippen LogP contribution < -0.4 is 15.8 Å². The fraction of sp³-hybridized carbons (Fsp3) is 0.111. The lowest BCUT2D eigenvalue weighted by Gasteiger charge is -2.11. The van der Waals surface area contributed by atoms with E-state index in [2.05, 4.69) is 15.3 Å². The maximum Gasteiger partial charge on any atom is 0.158 e. The van der Waals surface area contributed by atoms with Gasteiger partial charge >= 0.3 is 0 Å². The van der Waals surface area contributed by atoms with E-state index in [4.69, 9.17) is 10.5 Å². The van der Waals surface area contributed by atoms with Crippen molar-refractivity contribution in [3.05, 3.63) is 60.9 Å². The van der Waals surface area contributed by atoms with Gasteiger partial charge in [0.2, 0.25) is 0 Å². The van der Waals surface area contributed by atoms with E-state index < -0.39 is 0 Å². The summed E-state index contributed by atoms with van der Waals surface area (Å²) in [5.74, 6) is 1.42. The first-order valence-corrected chi connectivity index (χ1v) is 8.41. The third-order valence-electron chi connectivity index (χ3n) is 3.23. The van der Waals surface area contributed by atoms with Gasteiger partial charge in [0.1, 0.15) is 22.8 Å². The molecule has 6 heteroatoms. The summed E-state index contributed by atoms with van der Waals surface area (Å²) >= 11 is 1.51. The minimum Gasteiger partial charge on any atom is -0.494 e. The number of nitrogens with one attached hydrogen (secondary N) is 1. The number of ether oxygens (including phenoxy) is 1. The summed E-state index contributed by atoms with van der Waals surface area (Å²) in [6, 6.07) is 17.7. The number of hydrogen-bond acceptors (Lipinski definition) is 6. The molecule has 0 aliphatic heterocycles. The van der Waals surface area contributed by atoms with Crippen molar-refractivity contribution in [2.24, 2.45) is 0 Å². The fourth-order valence-electron chi connectivity index (χ4n) is 2.10. The molecule has 5 nitrogen and oxygen atoms in total. The molecule has 0 saturated heterocycles. The Morgan fingerprint density at radius 1 is 1.04 bits per heavy atom. The van der Waals surface area contributed by atoms with Crippen molar-refractivity contribution in [3.63, 3.8) is 0 Å². The number of nitrogen functional groups attached to an aromatic ring is 1. The van der Waals surface area contributed by atoms with Gasteiger partial charge in [0.05, 0.1) is 6.61 Å². The van der Waals surface area contributed by atoms with Crippen LogP contribution in [0.5, 0.6) is 5.75 Å². The van der Waals surface area contributed by atoms with Crippen LogP contribution in [0.25, 0.3) is 0 Å². The van der Waals surface area contributed by atoms with Crippen molar-refractivity contribution in [2.75, 3.05) is 17.7 Å². The van der Waals surface area contributed by atoms with Crippen molar-refractivity contribution in [2.45, 2.75) is 16.8 Å². The highest BCUT2D eigenvalue weighted by Crippen LogP contribution is 2.33. The van der Waals surface area contributed by atoms with Gasteiger partial charge in [-0.15, -0.1) is 0 Å². The Kier molecular flexibility index (Phi) is 5.18. The lowest BCUT2D eigenvalue weighted by Crippen LogP contribution is -2.02. The van der Waals surface area contributed by atoms with Gasteiger partial charge in [-0.2, -0.15) is 0 Å². The summed E-state index contributed by atoms with van der Waals surface area (Å²) in [6.07, 6.45) is 1.51. The monoisotopic (exact) mass is 338 g/mol. The normalized spacial score (nSPS) is 10.4. The summed E-state index contributed by atoms with van der Waals surface area (Å²) in [6.45, 7) is 2.60. The molecule has 122 valence electrons. The molecule has 3 rings (SSSR count). The standard InChI is InChI=1S/C18H18N4OS/c1-2-23-14-10-8-13(9-11-14)22-17-16(19)18(21-12-20-17)24-15-6-4-3-5-7-15/h3-12H,2,19H2,1H3,(H,20,21,22). The molecule has 0 saturated carbocycles. The van der Waals surface area contributed by atoms with Crippen LogP contribution in [-0.4, -0.2) is 16.6 Å². The van der Waals surface area contributed by atoms with Crippen LogP contribution in [0.3, 0.4) is 0 Å². The molecule has 2 aromatic carbocycles. The van der Waals surface area contributed by atoms with Gasteiger partial charge in [-0.25, -0.2) is 9.97 Å². The van der Waals surface area contributed by atoms with Gasteiger partial charge in [-0.1, -0.05) is 30.0 Å². The first-order valence-electron chi connectivity index (χ1n) is 7.59. The van der Waals surface area contributed by atoms with Crippen molar-refractivity contribution >= 4 is 29.0 Å². The van der Waals surface area contributed by atoms with Gasteiger partial charge in [0.25, 0.3) is 0 Å². The second-order valence-corrected chi connectivity index (χ2v) is 6.00. The highest BCUT2D eigenvalue weighted by atomic mass is 32.2. The minimum atomic E-state index is 0.528. The second-order valence-electron chi connectivity index (χ2n) is 4.94. The molecule has 0 fully saturated rings. The van der Waals surface area contributed by atoms with Gasteiger partial charge in [0, 0.05) is 10.6 Å². The number of benzene rings is 2. The SMILES string of the molecule is CCOc1ccc(Nc2ncnc(Sc3ccccc3)c2N)cc1. The van der Waals surface area contributed by atoms with Crippen LogP contribution in [0.4, 0.5) is 17.2 Å². The zero-order chi connectivity index (χ0) is 16.8. The average Bonchev–Trinajstić information content (AvgIpc) is 2.61. The molecule has 0 bridgehead atoms. The van der Waals surface area contributed by atoms with E-state index in [9.17, 15) is 0 Å². The third-order valence-corrected chi connectivity index (χ3v) is 4.26. The van der Waals surface area contributed by atoms with Crippen LogP contribution in [0.2, 0.25) is 0 Å². The van der Waals surface area contributed by atoms with E-state index in [-0.39, 0.29) is 0 Å². The van der Waals surface area contributed by atoms with Gasteiger partial charge in [-0.05, 0) is 43.3 Å². The highest BCUT2D eigenvalue weighted by Gasteiger charge is 2.10. The van der Waals surface area contributed by atoms with Crippen LogP contribution in [0.15, 0.2) is 70.8 Å². The summed E-state index contributed by atoms with van der Waals surface area (Å²) in [5.41, 5.74) is 7.64. The smallest absolute Gasteiger partial charge is 0.158 e. The molecule has 0 aliphatic rings. The van der Waals surface area contributed by atoms with Gasteiger partial charge in [-0.3, -0.25) is 0 Å².